The van der Waals surface area contributed by atoms with Crippen molar-refractivity contribution in [1.29, 1.82) is 5.26 Å². The van der Waals surface area contributed by atoms with Gasteiger partial charge in [-0.05, 0) is 50.3 Å². The van der Waals surface area contributed by atoms with Crippen molar-refractivity contribution < 1.29 is 19.1 Å². The average molecular weight is 450 g/mol. The maximum Gasteiger partial charge on any atom is 0.328 e. The maximum atomic E-state index is 13.1. The molecule has 0 bridgehead atoms. The van der Waals surface area contributed by atoms with Crippen molar-refractivity contribution in [2.24, 2.45) is 5.41 Å². The van der Waals surface area contributed by atoms with Gasteiger partial charge in [-0.2, -0.15) is 5.26 Å². The largest absolute Gasteiger partial charge is 0.464 e. The zero-order chi connectivity index (χ0) is 23.8. The Labute approximate surface area is 189 Å². The van der Waals surface area contributed by atoms with Gasteiger partial charge in [-0.3, -0.25) is 9.59 Å². The van der Waals surface area contributed by atoms with E-state index in [0.29, 0.717) is 5.02 Å². The fraction of sp³-hybridized carbons (Fsp3) is 0.565. The molecule has 0 saturated heterocycles. The maximum absolute atomic E-state index is 13.1. The third-order valence-corrected chi connectivity index (χ3v) is 5.22. The van der Waals surface area contributed by atoms with Crippen LogP contribution in [0.5, 0.6) is 0 Å². The zero-order valence-electron chi connectivity index (χ0n) is 19.0. The molecule has 31 heavy (non-hydrogen) atoms. The smallest absolute Gasteiger partial charge is 0.328 e. The van der Waals surface area contributed by atoms with Crippen LogP contribution in [0.3, 0.4) is 0 Å². The van der Waals surface area contributed by atoms with E-state index in [2.05, 4.69) is 10.6 Å². The molecule has 0 aliphatic heterocycles. The molecule has 8 heteroatoms. The van der Waals surface area contributed by atoms with Gasteiger partial charge in [-0.15, -0.1) is 0 Å². The van der Waals surface area contributed by atoms with E-state index in [4.69, 9.17) is 21.6 Å². The lowest BCUT2D eigenvalue weighted by Gasteiger charge is -2.34. The number of nitrogens with zero attached hydrogens (tertiary/aromatic N) is 1. The van der Waals surface area contributed by atoms with Crippen LogP contribution in [0.2, 0.25) is 5.02 Å². The second-order valence-electron chi connectivity index (χ2n) is 8.91. The Kier molecular flexibility index (Phi) is 9.51. The topological polar surface area (TPSA) is 108 Å². The van der Waals surface area contributed by atoms with Crippen LogP contribution in [0.15, 0.2) is 24.3 Å². The number of hydrogen-bond acceptors (Lipinski definition) is 5. The average Bonchev–Trinajstić information content (AvgIpc) is 2.68. The highest BCUT2D eigenvalue weighted by atomic mass is 35.5. The Hall–Kier alpha value is -2.59. The molecule has 0 unspecified atom stereocenters. The van der Waals surface area contributed by atoms with Gasteiger partial charge in [-0.1, -0.05) is 44.5 Å². The molecule has 7 nitrogen and oxygen atoms in total. The first-order valence-corrected chi connectivity index (χ1v) is 10.6. The molecule has 0 saturated carbocycles. The number of hydrogen-bond donors (Lipinski definition) is 2. The van der Waals surface area contributed by atoms with Crippen LogP contribution >= 0.6 is 11.6 Å². The van der Waals surface area contributed by atoms with Gasteiger partial charge in [0.25, 0.3) is 0 Å². The third kappa shape index (κ3) is 7.55. The minimum Gasteiger partial charge on any atom is -0.464 e. The number of rotatable bonds is 9. The molecule has 1 aromatic rings. The molecule has 1 rings (SSSR count). The Morgan fingerprint density at radius 3 is 2.16 bits per heavy atom. The lowest BCUT2D eigenvalue weighted by molar-refractivity contribution is -0.148. The van der Waals surface area contributed by atoms with E-state index >= 15 is 0 Å². The van der Waals surface area contributed by atoms with Crippen molar-refractivity contribution in [2.75, 3.05) is 6.61 Å². The summed E-state index contributed by atoms with van der Waals surface area (Å²) in [6.07, 6.45) is 0.210. The molecule has 2 N–H and O–H groups in total. The van der Waals surface area contributed by atoms with Crippen LogP contribution in [-0.2, 0) is 24.5 Å². The number of ether oxygens (including phenoxy) is 1. The Balaban J connectivity index is 3.07. The number of halogens is 1. The van der Waals surface area contributed by atoms with Crippen molar-refractivity contribution >= 4 is 29.4 Å². The summed E-state index contributed by atoms with van der Waals surface area (Å²) in [5.41, 5.74) is -0.805. The standard InChI is InChI=1S/C23H32ClN3O4/c1-7-31-20(29)17(9-8-14-25)26-19(28)18(22(2,3)4)27-21(30)23(5,6)15-10-12-16(24)13-11-15/h10-13,17-18H,7-9H2,1-6H3,(H,26,28)(H,27,30)/t17-,18-/m1/s1. The van der Waals surface area contributed by atoms with Gasteiger partial charge in [0.05, 0.1) is 18.1 Å². The molecule has 0 aliphatic carbocycles. The van der Waals surface area contributed by atoms with Crippen molar-refractivity contribution in [3.05, 3.63) is 34.9 Å². The molecule has 0 heterocycles. The number of benzene rings is 1. The van der Waals surface area contributed by atoms with Crippen molar-refractivity contribution in [2.45, 2.75) is 71.9 Å². The number of nitriles is 1. The molecule has 0 aliphatic rings. The third-order valence-electron chi connectivity index (χ3n) is 4.97. The number of esters is 1. The second kappa shape index (κ2) is 11.1. The molecular weight excluding hydrogens is 418 g/mol. The van der Waals surface area contributed by atoms with Crippen LogP contribution in [0, 0.1) is 16.7 Å². The predicted octanol–water partition coefficient (Wildman–Crippen LogP) is 3.50. The van der Waals surface area contributed by atoms with Crippen LogP contribution < -0.4 is 10.6 Å². The first-order valence-electron chi connectivity index (χ1n) is 10.3. The van der Waals surface area contributed by atoms with Crippen molar-refractivity contribution in [1.82, 2.24) is 10.6 Å². The predicted molar refractivity (Wildman–Crippen MR) is 119 cm³/mol. The summed E-state index contributed by atoms with van der Waals surface area (Å²) in [6.45, 7) is 10.8. The molecule has 0 spiro atoms. The highest BCUT2D eigenvalue weighted by molar-refractivity contribution is 6.30. The lowest BCUT2D eigenvalue weighted by Crippen LogP contribution is -2.59. The summed E-state index contributed by atoms with van der Waals surface area (Å²) in [6, 6.07) is 7.05. The van der Waals surface area contributed by atoms with E-state index < -0.39 is 34.8 Å². The number of nitrogens with one attached hydrogen (secondary N) is 2. The van der Waals surface area contributed by atoms with Crippen molar-refractivity contribution in [3.63, 3.8) is 0 Å². The van der Waals surface area contributed by atoms with Crippen LogP contribution in [0.1, 0.15) is 59.9 Å². The molecule has 0 aromatic heterocycles. The summed E-state index contributed by atoms with van der Waals surface area (Å²) >= 11 is 5.95. The van der Waals surface area contributed by atoms with Gasteiger partial charge in [0.15, 0.2) is 0 Å². The normalized spacial score (nSPS) is 13.5. The lowest BCUT2D eigenvalue weighted by atomic mass is 9.81. The van der Waals surface area contributed by atoms with E-state index in [-0.39, 0.29) is 25.4 Å². The second-order valence-corrected chi connectivity index (χ2v) is 9.35. The first kappa shape index (κ1) is 26.4. The van der Waals surface area contributed by atoms with E-state index in [0.717, 1.165) is 5.56 Å². The van der Waals surface area contributed by atoms with Gasteiger partial charge in [0.1, 0.15) is 12.1 Å². The van der Waals surface area contributed by atoms with E-state index in [1.54, 1.807) is 45.0 Å². The quantitative estimate of drug-likeness (QED) is 0.561. The van der Waals surface area contributed by atoms with Crippen LogP contribution in [0.4, 0.5) is 0 Å². The van der Waals surface area contributed by atoms with Gasteiger partial charge >= 0.3 is 5.97 Å². The van der Waals surface area contributed by atoms with E-state index in [1.807, 2.05) is 26.8 Å². The fourth-order valence-corrected chi connectivity index (χ4v) is 3.07. The molecule has 170 valence electrons. The number of amides is 2. The molecule has 0 radical (unpaired) electrons. The first-order chi connectivity index (χ1) is 14.3. The monoisotopic (exact) mass is 449 g/mol. The summed E-state index contributed by atoms with van der Waals surface area (Å²) in [5, 5.41) is 14.9. The van der Waals surface area contributed by atoms with Gasteiger partial charge in [-0.25, -0.2) is 4.79 Å². The SMILES string of the molecule is CCOC(=O)[C@@H](CCC#N)NC(=O)[C@@H](NC(=O)C(C)(C)c1ccc(Cl)cc1)C(C)(C)C. The summed E-state index contributed by atoms with van der Waals surface area (Å²) in [5.74, 6) is -1.45. The fourth-order valence-electron chi connectivity index (χ4n) is 2.94. The highest BCUT2D eigenvalue weighted by Gasteiger charge is 2.39. The molecule has 0 fully saturated rings. The van der Waals surface area contributed by atoms with Gasteiger partial charge in [0, 0.05) is 11.4 Å². The molecule has 2 atom stereocenters. The van der Waals surface area contributed by atoms with Crippen molar-refractivity contribution in [3.8, 4) is 6.07 Å². The minimum absolute atomic E-state index is 0.0832. The van der Waals surface area contributed by atoms with E-state index in [1.165, 1.54) is 0 Å². The molecule has 1 aromatic carbocycles. The Morgan fingerprint density at radius 1 is 1.10 bits per heavy atom. The van der Waals surface area contributed by atoms with Gasteiger partial charge < -0.3 is 15.4 Å². The zero-order valence-corrected chi connectivity index (χ0v) is 19.8. The molecule has 2 amide bonds. The van der Waals surface area contributed by atoms with Gasteiger partial charge in [0.2, 0.25) is 11.8 Å². The summed E-state index contributed by atoms with van der Waals surface area (Å²) in [7, 11) is 0. The number of carbonyl (C=O) groups excluding carboxylic acids is 3. The summed E-state index contributed by atoms with van der Waals surface area (Å²) in [4.78, 5) is 38.4. The Bertz CT molecular complexity index is 823. The molecular formula is C23H32ClN3O4. The van der Waals surface area contributed by atoms with E-state index in [9.17, 15) is 14.4 Å². The van der Waals surface area contributed by atoms with Crippen LogP contribution in [-0.4, -0.2) is 36.5 Å². The van der Waals surface area contributed by atoms with Crippen LogP contribution in [0.25, 0.3) is 0 Å². The minimum atomic E-state index is -0.960. The number of carbonyl (C=O) groups is 3. The highest BCUT2D eigenvalue weighted by Crippen LogP contribution is 2.27. The Morgan fingerprint density at radius 2 is 1.68 bits per heavy atom. The summed E-state index contributed by atoms with van der Waals surface area (Å²) < 4.78 is 5.01.